The van der Waals surface area contributed by atoms with Crippen LogP contribution in [0.25, 0.3) is 0 Å². The predicted octanol–water partition coefficient (Wildman–Crippen LogP) is 3.13. The van der Waals surface area contributed by atoms with Crippen LogP contribution in [0.4, 0.5) is 0 Å². The second-order valence-corrected chi connectivity index (χ2v) is 4.88. The summed E-state index contributed by atoms with van der Waals surface area (Å²) in [5, 5.41) is 9.13. The molecular formula is C12H18O2. The summed E-state index contributed by atoms with van der Waals surface area (Å²) in [6.45, 7) is 2.25. The average molecular weight is 194 g/mol. The summed E-state index contributed by atoms with van der Waals surface area (Å²) in [7, 11) is 0. The topological polar surface area (TPSA) is 37.3 Å². The molecule has 0 aromatic heterocycles. The highest BCUT2D eigenvalue weighted by Crippen LogP contribution is 2.49. The predicted molar refractivity (Wildman–Crippen MR) is 55.1 cm³/mol. The SMILES string of the molecule is CC12CCCCC1=C(C(=O)O)CCC2. The summed E-state index contributed by atoms with van der Waals surface area (Å²) in [6, 6.07) is 0. The van der Waals surface area contributed by atoms with Crippen LogP contribution in [0.15, 0.2) is 11.1 Å². The molecule has 1 saturated carbocycles. The average Bonchev–Trinajstić information content (AvgIpc) is 2.15. The molecule has 0 saturated heterocycles. The molecular weight excluding hydrogens is 176 g/mol. The molecule has 78 valence electrons. The highest BCUT2D eigenvalue weighted by atomic mass is 16.4. The van der Waals surface area contributed by atoms with Crippen molar-refractivity contribution in [3.05, 3.63) is 11.1 Å². The van der Waals surface area contributed by atoms with Crippen LogP contribution in [0.3, 0.4) is 0 Å². The van der Waals surface area contributed by atoms with Crippen LogP contribution in [0.5, 0.6) is 0 Å². The van der Waals surface area contributed by atoms with Gasteiger partial charge in [-0.25, -0.2) is 4.79 Å². The van der Waals surface area contributed by atoms with Gasteiger partial charge in [-0.15, -0.1) is 0 Å². The van der Waals surface area contributed by atoms with Gasteiger partial charge in [0.05, 0.1) is 0 Å². The van der Waals surface area contributed by atoms with Crippen molar-refractivity contribution in [1.29, 1.82) is 0 Å². The lowest BCUT2D eigenvalue weighted by atomic mass is 9.64. The van der Waals surface area contributed by atoms with Crippen LogP contribution in [-0.2, 0) is 4.79 Å². The first-order valence-electron chi connectivity index (χ1n) is 5.59. The summed E-state index contributed by atoms with van der Waals surface area (Å²) in [5.74, 6) is -0.673. The Morgan fingerprint density at radius 3 is 2.64 bits per heavy atom. The first-order valence-corrected chi connectivity index (χ1v) is 5.59. The number of allylic oxidation sites excluding steroid dienone is 1. The van der Waals surface area contributed by atoms with Gasteiger partial charge in [-0.2, -0.15) is 0 Å². The highest BCUT2D eigenvalue weighted by molar-refractivity contribution is 5.88. The lowest BCUT2D eigenvalue weighted by molar-refractivity contribution is -0.133. The molecule has 2 nitrogen and oxygen atoms in total. The number of carboxylic acid groups (broad SMARTS) is 1. The third-order valence-corrected chi connectivity index (χ3v) is 3.91. The van der Waals surface area contributed by atoms with Crippen LogP contribution >= 0.6 is 0 Å². The van der Waals surface area contributed by atoms with Gasteiger partial charge in [0.1, 0.15) is 0 Å². The van der Waals surface area contributed by atoms with Crippen molar-refractivity contribution >= 4 is 5.97 Å². The first kappa shape index (κ1) is 9.75. The van der Waals surface area contributed by atoms with Crippen LogP contribution < -0.4 is 0 Å². The van der Waals surface area contributed by atoms with Crippen LogP contribution in [0.2, 0.25) is 0 Å². The molecule has 1 unspecified atom stereocenters. The van der Waals surface area contributed by atoms with Crippen molar-refractivity contribution < 1.29 is 9.90 Å². The maximum atomic E-state index is 11.1. The van der Waals surface area contributed by atoms with Crippen molar-refractivity contribution in [2.24, 2.45) is 5.41 Å². The quantitative estimate of drug-likeness (QED) is 0.696. The molecule has 2 heteroatoms. The number of hydrogen-bond donors (Lipinski definition) is 1. The maximum absolute atomic E-state index is 11.1. The zero-order chi connectivity index (χ0) is 10.2. The van der Waals surface area contributed by atoms with Gasteiger partial charge in [0.25, 0.3) is 0 Å². The molecule has 0 heterocycles. The molecule has 1 fully saturated rings. The van der Waals surface area contributed by atoms with Crippen LogP contribution in [0.1, 0.15) is 51.9 Å². The van der Waals surface area contributed by atoms with Gasteiger partial charge in [-0.3, -0.25) is 0 Å². The third kappa shape index (κ3) is 1.47. The summed E-state index contributed by atoms with van der Waals surface area (Å²) in [5.41, 5.74) is 2.23. The van der Waals surface area contributed by atoms with Crippen LogP contribution in [0, 0.1) is 5.41 Å². The summed E-state index contributed by atoms with van der Waals surface area (Å²) in [4.78, 5) is 11.1. The van der Waals surface area contributed by atoms with E-state index in [9.17, 15) is 4.79 Å². The summed E-state index contributed by atoms with van der Waals surface area (Å²) < 4.78 is 0. The third-order valence-electron chi connectivity index (χ3n) is 3.91. The minimum atomic E-state index is -0.673. The lowest BCUT2D eigenvalue weighted by Crippen LogP contribution is -2.29. The fourth-order valence-corrected chi connectivity index (χ4v) is 3.10. The largest absolute Gasteiger partial charge is 0.478 e. The molecule has 0 aromatic rings. The molecule has 2 aliphatic rings. The Morgan fingerprint density at radius 2 is 1.93 bits per heavy atom. The van der Waals surface area contributed by atoms with E-state index in [0.717, 1.165) is 24.8 Å². The smallest absolute Gasteiger partial charge is 0.331 e. The van der Waals surface area contributed by atoms with E-state index in [1.807, 2.05) is 0 Å². The first-order chi connectivity index (χ1) is 6.63. The minimum absolute atomic E-state index is 0.226. The number of carboxylic acids is 1. The van der Waals surface area contributed by atoms with E-state index in [1.165, 1.54) is 31.3 Å². The Bertz CT molecular complexity index is 291. The summed E-state index contributed by atoms with van der Waals surface area (Å²) >= 11 is 0. The molecule has 0 bridgehead atoms. The van der Waals surface area contributed by atoms with Gasteiger partial charge in [0, 0.05) is 5.57 Å². The van der Waals surface area contributed by atoms with E-state index in [1.54, 1.807) is 0 Å². The van der Waals surface area contributed by atoms with Gasteiger partial charge in [0.2, 0.25) is 0 Å². The molecule has 0 radical (unpaired) electrons. The monoisotopic (exact) mass is 194 g/mol. The van der Waals surface area contributed by atoms with Gasteiger partial charge < -0.3 is 5.11 Å². The van der Waals surface area contributed by atoms with E-state index < -0.39 is 5.97 Å². The standard InChI is InChI=1S/C12H18O2/c1-12-7-3-2-6-10(12)9(11(13)14)5-4-8-12/h2-8H2,1H3,(H,13,14). The minimum Gasteiger partial charge on any atom is -0.478 e. The van der Waals surface area contributed by atoms with Crippen molar-refractivity contribution in [2.45, 2.75) is 51.9 Å². The zero-order valence-corrected chi connectivity index (χ0v) is 8.81. The fraction of sp³-hybridized carbons (Fsp3) is 0.750. The normalized spacial score (nSPS) is 32.6. The number of aliphatic carboxylic acids is 1. The van der Waals surface area contributed by atoms with Crippen LogP contribution in [-0.4, -0.2) is 11.1 Å². The molecule has 1 N–H and O–H groups in total. The Kier molecular flexibility index (Phi) is 2.38. The second-order valence-electron chi connectivity index (χ2n) is 4.88. The lowest BCUT2D eigenvalue weighted by Gasteiger charge is -2.41. The zero-order valence-electron chi connectivity index (χ0n) is 8.81. The molecule has 1 atom stereocenters. The fourth-order valence-electron chi connectivity index (χ4n) is 3.10. The molecule has 0 spiro atoms. The molecule has 0 aliphatic heterocycles. The number of rotatable bonds is 1. The van der Waals surface area contributed by atoms with Crippen molar-refractivity contribution in [3.8, 4) is 0 Å². The van der Waals surface area contributed by atoms with Gasteiger partial charge in [-0.1, -0.05) is 18.9 Å². The van der Waals surface area contributed by atoms with E-state index in [0.29, 0.717) is 0 Å². The van der Waals surface area contributed by atoms with E-state index in [2.05, 4.69) is 6.92 Å². The molecule has 14 heavy (non-hydrogen) atoms. The van der Waals surface area contributed by atoms with E-state index in [4.69, 9.17) is 5.11 Å². The molecule has 0 aromatic carbocycles. The van der Waals surface area contributed by atoms with E-state index >= 15 is 0 Å². The maximum Gasteiger partial charge on any atom is 0.331 e. The Balaban J connectivity index is 2.39. The Morgan fingerprint density at radius 1 is 1.21 bits per heavy atom. The molecule has 2 rings (SSSR count). The van der Waals surface area contributed by atoms with E-state index in [-0.39, 0.29) is 5.41 Å². The van der Waals surface area contributed by atoms with Gasteiger partial charge >= 0.3 is 5.97 Å². The number of fused-ring (bicyclic) bond motifs is 1. The Labute approximate surface area is 85.0 Å². The van der Waals surface area contributed by atoms with Gasteiger partial charge in [-0.05, 0) is 43.9 Å². The van der Waals surface area contributed by atoms with Crippen molar-refractivity contribution in [1.82, 2.24) is 0 Å². The summed E-state index contributed by atoms with van der Waals surface area (Å²) in [6.07, 6.45) is 7.72. The van der Waals surface area contributed by atoms with Gasteiger partial charge in [0.15, 0.2) is 0 Å². The number of carbonyl (C=O) groups is 1. The molecule has 0 amide bonds. The Hall–Kier alpha value is -0.790. The highest BCUT2D eigenvalue weighted by Gasteiger charge is 2.37. The molecule has 2 aliphatic carbocycles. The number of hydrogen-bond acceptors (Lipinski definition) is 1. The second kappa shape index (κ2) is 3.41. The van der Waals surface area contributed by atoms with Crippen molar-refractivity contribution in [2.75, 3.05) is 0 Å². The van der Waals surface area contributed by atoms with Crippen molar-refractivity contribution in [3.63, 3.8) is 0 Å².